The summed E-state index contributed by atoms with van der Waals surface area (Å²) >= 11 is 0. The van der Waals surface area contributed by atoms with Crippen LogP contribution in [-0.4, -0.2) is 100 Å². The number of ether oxygens (including phenoxy) is 2. The number of rotatable bonds is 16. The molecule has 0 spiro atoms. The Morgan fingerprint density at radius 1 is 1.10 bits per heavy atom. The van der Waals surface area contributed by atoms with Gasteiger partial charge in [0, 0.05) is 35.5 Å². The van der Waals surface area contributed by atoms with Gasteiger partial charge in [-0.3, -0.25) is 28.8 Å². The van der Waals surface area contributed by atoms with E-state index in [0.29, 0.717) is 57.4 Å². The number of primary amides is 1. The summed E-state index contributed by atoms with van der Waals surface area (Å²) in [4.78, 5) is 96.5. The number of benzene rings is 2. The maximum Gasteiger partial charge on any atom is 0.343 e. The van der Waals surface area contributed by atoms with Crippen LogP contribution in [0.3, 0.4) is 0 Å². The van der Waals surface area contributed by atoms with Crippen LogP contribution in [0.15, 0.2) is 47.3 Å². The van der Waals surface area contributed by atoms with Gasteiger partial charge in [0.05, 0.1) is 61.3 Å². The Morgan fingerprint density at radius 2 is 1.85 bits per heavy atom. The number of aryl methyl sites for hydroxylation is 1. The second-order valence-corrected chi connectivity index (χ2v) is 15.5. The summed E-state index contributed by atoms with van der Waals surface area (Å²) in [5.74, 6) is -4.56. The number of carbonyl (C=O) groups excluding carboxylic acids is 6. The molecule has 5 amide bonds. The van der Waals surface area contributed by atoms with E-state index in [2.05, 4.69) is 16.0 Å². The highest BCUT2D eigenvalue weighted by molar-refractivity contribution is 5.94. The predicted octanol–water partition coefficient (Wildman–Crippen LogP) is -0.236. The monoisotopic (exact) mass is 854 g/mol. The first-order chi connectivity index (χ1) is 29.6. The summed E-state index contributed by atoms with van der Waals surface area (Å²) in [6, 6.07) is 9.94. The zero-order valence-electron chi connectivity index (χ0n) is 34.2. The molecule has 2 aromatic heterocycles. The number of esters is 1. The molecule has 18 nitrogen and oxygen atoms in total. The van der Waals surface area contributed by atoms with Gasteiger partial charge in [-0.2, -0.15) is 0 Å². The minimum atomic E-state index is -2.04. The molecule has 4 aromatic rings. The van der Waals surface area contributed by atoms with Gasteiger partial charge >= 0.3 is 5.97 Å². The molecular formula is C43H47FN8O10. The number of amides is 5. The fourth-order valence-electron chi connectivity index (χ4n) is 8.50. The molecule has 0 saturated heterocycles. The van der Waals surface area contributed by atoms with Gasteiger partial charge in [-0.1, -0.05) is 37.3 Å². The average Bonchev–Trinajstić information content (AvgIpc) is 3.63. The molecular weight excluding hydrogens is 808 g/mol. The molecule has 62 heavy (non-hydrogen) atoms. The lowest BCUT2D eigenvalue weighted by Gasteiger charge is -2.31. The molecule has 0 radical (unpaired) electrons. The highest BCUT2D eigenvalue weighted by Crippen LogP contribution is 2.46. The Balaban J connectivity index is 1.09. The number of pyridine rings is 2. The molecule has 3 atom stereocenters. The van der Waals surface area contributed by atoms with Crippen molar-refractivity contribution in [3.63, 3.8) is 0 Å². The molecule has 0 unspecified atom stereocenters. The lowest BCUT2D eigenvalue weighted by molar-refractivity contribution is -0.172. The van der Waals surface area contributed by atoms with Crippen molar-refractivity contribution in [2.24, 2.45) is 11.5 Å². The molecule has 2 aromatic carbocycles. The zero-order chi connectivity index (χ0) is 44.5. The molecule has 1 aliphatic carbocycles. The molecule has 7 rings (SSSR count). The number of cyclic esters (lactones) is 1. The minimum Gasteiger partial charge on any atom is -0.458 e. The van der Waals surface area contributed by atoms with Crippen molar-refractivity contribution in [1.29, 1.82) is 0 Å². The maximum absolute atomic E-state index is 15.4. The van der Waals surface area contributed by atoms with Crippen LogP contribution in [0.2, 0.25) is 0 Å². The van der Waals surface area contributed by atoms with Gasteiger partial charge in [-0.05, 0) is 54.5 Å². The van der Waals surface area contributed by atoms with Gasteiger partial charge in [-0.15, -0.1) is 0 Å². The normalized spacial score (nSPS) is 17.6. The van der Waals surface area contributed by atoms with Crippen LogP contribution in [0.5, 0.6) is 0 Å². The Hall–Kier alpha value is -6.57. The standard InChI is InChI=1S/C43H47FN8O10/c1-3-43(60)27-14-32-39-25(18-52(32)40(57)26(27)20-62-42(43)59)38-29(10-9-24-22(2)28(44)15-30(50-39)37(24)38)48-36(56)21-61-12-11-51(19-33(46)53)41(58)31(13-23-7-5-4-6-8-23)49-35(55)17-47-34(54)16-45/h4-8,14-15,29,31,60H,3,9-13,16-21,45H2,1-2H3,(H2,46,53)(H,47,54)(H,48,56)(H,49,55)/t29-,31-,43-/m0/s1. The van der Waals surface area contributed by atoms with Gasteiger partial charge in [-0.25, -0.2) is 14.2 Å². The van der Waals surface area contributed by atoms with Crippen LogP contribution < -0.4 is 33.0 Å². The van der Waals surface area contributed by atoms with Crippen molar-refractivity contribution in [3.8, 4) is 11.4 Å². The van der Waals surface area contributed by atoms with E-state index in [9.17, 15) is 38.7 Å². The lowest BCUT2D eigenvalue weighted by atomic mass is 9.81. The maximum atomic E-state index is 15.4. The van der Waals surface area contributed by atoms with Gasteiger partial charge in [0.2, 0.25) is 29.5 Å². The third-order valence-electron chi connectivity index (χ3n) is 11.7. The van der Waals surface area contributed by atoms with Crippen molar-refractivity contribution in [3.05, 3.63) is 97.6 Å². The summed E-state index contributed by atoms with van der Waals surface area (Å²) in [6.45, 7) is 0.909. The summed E-state index contributed by atoms with van der Waals surface area (Å²) in [5.41, 5.74) is 12.8. The molecule has 0 bridgehead atoms. The lowest BCUT2D eigenvalue weighted by Crippen LogP contribution is -2.54. The fourth-order valence-corrected chi connectivity index (χ4v) is 8.50. The summed E-state index contributed by atoms with van der Waals surface area (Å²) in [6.07, 6.45) is 0.793. The summed E-state index contributed by atoms with van der Waals surface area (Å²) < 4.78 is 27.8. The number of halogens is 1. The Kier molecular flexibility index (Phi) is 12.5. The van der Waals surface area contributed by atoms with E-state index in [1.54, 1.807) is 50.2 Å². The number of aromatic nitrogens is 2. The number of nitrogens with one attached hydrogen (secondary N) is 3. The highest BCUT2D eigenvalue weighted by atomic mass is 19.1. The summed E-state index contributed by atoms with van der Waals surface area (Å²) in [7, 11) is 0. The number of nitrogens with zero attached hydrogens (tertiary/aromatic N) is 3. The van der Waals surface area contributed by atoms with Crippen molar-refractivity contribution in [2.75, 3.05) is 39.4 Å². The van der Waals surface area contributed by atoms with Gasteiger partial charge in [0.1, 0.15) is 25.1 Å². The number of aliphatic hydroxyl groups is 1. The van der Waals surface area contributed by atoms with Crippen LogP contribution >= 0.6 is 0 Å². The predicted molar refractivity (Wildman–Crippen MR) is 219 cm³/mol. The van der Waals surface area contributed by atoms with E-state index in [-0.39, 0.29) is 56.8 Å². The van der Waals surface area contributed by atoms with Crippen LogP contribution in [0.4, 0.5) is 4.39 Å². The number of fused-ring (bicyclic) bond motifs is 5. The minimum absolute atomic E-state index is 0.0422. The van der Waals surface area contributed by atoms with E-state index in [4.69, 9.17) is 25.9 Å². The molecule has 0 fully saturated rings. The fraction of sp³-hybridized carbons (Fsp3) is 0.395. The van der Waals surface area contributed by atoms with Crippen LogP contribution in [0.25, 0.3) is 22.3 Å². The summed E-state index contributed by atoms with van der Waals surface area (Å²) in [5, 5.41) is 20.0. The SMILES string of the molecule is CC[C@@]1(O)C(=O)OCc2c1cc1n(c2=O)Cc2c-1nc1cc(F)c(C)c3c1c2[C@@H](NC(=O)COCCN(CC(N)=O)C(=O)[C@H](Cc1ccccc1)NC(=O)CNC(=O)CN)CC3. The van der Waals surface area contributed by atoms with Gasteiger partial charge < -0.3 is 51.5 Å². The Bertz CT molecular complexity index is 2570. The average molecular weight is 855 g/mol. The van der Waals surface area contributed by atoms with Crippen molar-refractivity contribution in [1.82, 2.24) is 30.4 Å². The topological polar surface area (TPSA) is 267 Å². The van der Waals surface area contributed by atoms with E-state index < -0.39 is 84.3 Å². The Morgan fingerprint density at radius 3 is 2.56 bits per heavy atom. The van der Waals surface area contributed by atoms with E-state index in [1.165, 1.54) is 10.6 Å². The highest BCUT2D eigenvalue weighted by Gasteiger charge is 2.46. The molecule has 3 aliphatic rings. The zero-order valence-corrected chi connectivity index (χ0v) is 34.2. The van der Waals surface area contributed by atoms with E-state index >= 15 is 4.39 Å². The van der Waals surface area contributed by atoms with Crippen LogP contribution in [0, 0.1) is 12.7 Å². The number of carbonyl (C=O) groups is 6. The second kappa shape index (κ2) is 17.8. The van der Waals surface area contributed by atoms with Crippen LogP contribution in [0.1, 0.15) is 64.8 Å². The van der Waals surface area contributed by atoms with Crippen LogP contribution in [-0.2, 0) is 69.8 Å². The first kappa shape index (κ1) is 43.5. The third kappa shape index (κ3) is 8.37. The molecule has 2 aliphatic heterocycles. The molecule has 19 heteroatoms. The number of hydrogen-bond acceptors (Lipinski definition) is 12. The van der Waals surface area contributed by atoms with Gasteiger partial charge in [0.25, 0.3) is 5.56 Å². The van der Waals surface area contributed by atoms with E-state index in [1.807, 2.05) is 0 Å². The van der Waals surface area contributed by atoms with Gasteiger partial charge in [0.15, 0.2) is 5.60 Å². The Labute approximate surface area is 354 Å². The molecule has 326 valence electrons. The van der Waals surface area contributed by atoms with Crippen molar-refractivity contribution >= 4 is 46.4 Å². The second-order valence-electron chi connectivity index (χ2n) is 15.5. The van der Waals surface area contributed by atoms with Crippen molar-refractivity contribution < 1.29 is 47.7 Å². The molecule has 0 saturated carbocycles. The smallest absolute Gasteiger partial charge is 0.343 e. The third-order valence-corrected chi connectivity index (χ3v) is 11.7. The van der Waals surface area contributed by atoms with E-state index in [0.717, 1.165) is 10.5 Å². The largest absolute Gasteiger partial charge is 0.458 e. The molecule has 4 heterocycles. The van der Waals surface area contributed by atoms with Crippen molar-refractivity contribution in [2.45, 2.75) is 70.4 Å². The molecule has 8 N–H and O–H groups in total. The quantitative estimate of drug-likeness (QED) is 0.0555. The number of hydrogen-bond donors (Lipinski definition) is 6. The first-order valence-corrected chi connectivity index (χ1v) is 20.2. The number of nitrogens with two attached hydrogens (primary N) is 2. The first-order valence-electron chi connectivity index (χ1n) is 20.2.